The van der Waals surface area contributed by atoms with Crippen LogP contribution in [0.5, 0.6) is 0 Å². The van der Waals surface area contributed by atoms with Crippen molar-refractivity contribution in [2.24, 2.45) is 0 Å². The third kappa shape index (κ3) is 6.37. The van der Waals surface area contributed by atoms with Gasteiger partial charge in [0.15, 0.2) is 0 Å². The highest BCUT2D eigenvalue weighted by molar-refractivity contribution is 5.94. The lowest BCUT2D eigenvalue weighted by molar-refractivity contribution is -0.119. The first kappa shape index (κ1) is 14.9. The zero-order chi connectivity index (χ0) is 13.9. The third-order valence-corrected chi connectivity index (χ3v) is 2.72. The fraction of sp³-hybridized carbons (Fsp3) is 0.400. The Morgan fingerprint density at radius 1 is 1.11 bits per heavy atom. The van der Waals surface area contributed by atoms with Crippen molar-refractivity contribution in [3.05, 3.63) is 35.9 Å². The lowest BCUT2D eigenvalue weighted by Gasteiger charge is -2.04. The maximum atomic E-state index is 11.7. The van der Waals surface area contributed by atoms with Crippen molar-refractivity contribution in [3.8, 4) is 6.07 Å². The van der Waals surface area contributed by atoms with Crippen molar-refractivity contribution in [1.29, 1.82) is 5.26 Å². The van der Waals surface area contributed by atoms with Gasteiger partial charge in [-0.05, 0) is 25.0 Å². The van der Waals surface area contributed by atoms with Crippen LogP contribution in [0.4, 0.5) is 0 Å². The number of unbranched alkanes of at least 4 members (excludes halogenated alkanes) is 2. The van der Waals surface area contributed by atoms with Crippen molar-refractivity contribution in [2.45, 2.75) is 32.1 Å². The molecule has 0 saturated heterocycles. The van der Waals surface area contributed by atoms with Crippen LogP contribution < -0.4 is 5.32 Å². The molecule has 1 amide bonds. The quantitative estimate of drug-likeness (QED) is 0.728. The number of nitrogens with zero attached hydrogens (tertiary/aromatic N) is 1. The summed E-state index contributed by atoms with van der Waals surface area (Å²) in [6, 6.07) is 11.0. The number of benzene rings is 1. The van der Waals surface area contributed by atoms with E-state index in [-0.39, 0.29) is 11.7 Å². The minimum Gasteiger partial charge on any atom is -0.352 e. The zero-order valence-corrected chi connectivity index (χ0v) is 10.9. The molecule has 0 radical (unpaired) electrons. The van der Waals surface area contributed by atoms with Crippen LogP contribution >= 0.6 is 0 Å². The standard InChI is InChI=1S/C15H18N2O2/c16-11-6-2-5-9-14(18)10-12-17-15(19)13-7-3-1-4-8-13/h1,3-4,7-8H,2,5-6,9-10,12H2,(H,17,19). The highest BCUT2D eigenvalue weighted by atomic mass is 16.1. The molecule has 0 saturated carbocycles. The van der Waals surface area contributed by atoms with Crippen molar-refractivity contribution in [1.82, 2.24) is 5.32 Å². The molecule has 1 N–H and O–H groups in total. The number of amides is 1. The summed E-state index contributed by atoms with van der Waals surface area (Å²) in [5, 5.41) is 11.1. The second kappa shape index (κ2) is 8.87. The first-order chi connectivity index (χ1) is 9.24. The average molecular weight is 258 g/mol. The van der Waals surface area contributed by atoms with Gasteiger partial charge in [0.1, 0.15) is 5.78 Å². The summed E-state index contributed by atoms with van der Waals surface area (Å²) in [7, 11) is 0. The summed E-state index contributed by atoms with van der Waals surface area (Å²) < 4.78 is 0. The van der Waals surface area contributed by atoms with Crippen LogP contribution in [0.1, 0.15) is 42.5 Å². The molecular formula is C15H18N2O2. The van der Waals surface area contributed by atoms with Gasteiger partial charge in [-0.3, -0.25) is 9.59 Å². The predicted molar refractivity (Wildman–Crippen MR) is 72.5 cm³/mol. The fourth-order valence-corrected chi connectivity index (χ4v) is 1.66. The Hall–Kier alpha value is -2.15. The van der Waals surface area contributed by atoms with Gasteiger partial charge in [-0.15, -0.1) is 0 Å². The predicted octanol–water partition coefficient (Wildman–Crippen LogP) is 2.46. The summed E-state index contributed by atoms with van der Waals surface area (Å²) in [6.45, 7) is 0.366. The van der Waals surface area contributed by atoms with E-state index in [1.807, 2.05) is 12.1 Å². The SMILES string of the molecule is N#CCCCCC(=O)CCNC(=O)c1ccccc1. The molecule has 0 spiro atoms. The van der Waals surface area contributed by atoms with Gasteiger partial charge in [0.25, 0.3) is 5.91 Å². The van der Waals surface area contributed by atoms with Gasteiger partial charge in [0.2, 0.25) is 0 Å². The number of hydrogen-bond acceptors (Lipinski definition) is 3. The largest absolute Gasteiger partial charge is 0.352 e. The van der Waals surface area contributed by atoms with Crippen molar-refractivity contribution < 1.29 is 9.59 Å². The number of nitriles is 1. The van der Waals surface area contributed by atoms with Gasteiger partial charge in [-0.1, -0.05) is 18.2 Å². The molecule has 0 aromatic heterocycles. The molecule has 0 fully saturated rings. The second-order valence-corrected chi connectivity index (χ2v) is 4.28. The Kier molecular flexibility index (Phi) is 6.96. The van der Waals surface area contributed by atoms with Gasteiger partial charge in [-0.2, -0.15) is 5.26 Å². The number of Topliss-reactive ketones (excluding diaryl/α,β-unsaturated/α-hetero) is 1. The van der Waals surface area contributed by atoms with Crippen molar-refractivity contribution >= 4 is 11.7 Å². The molecule has 4 heteroatoms. The zero-order valence-electron chi connectivity index (χ0n) is 10.9. The lowest BCUT2D eigenvalue weighted by atomic mass is 10.1. The van der Waals surface area contributed by atoms with Crippen LogP contribution in [0.25, 0.3) is 0 Å². The van der Waals surface area contributed by atoms with Crippen LogP contribution in [-0.2, 0) is 4.79 Å². The number of hydrogen-bond donors (Lipinski definition) is 1. The van der Waals surface area contributed by atoms with E-state index in [1.54, 1.807) is 24.3 Å². The molecule has 4 nitrogen and oxygen atoms in total. The first-order valence-corrected chi connectivity index (χ1v) is 6.46. The van der Waals surface area contributed by atoms with Crippen molar-refractivity contribution in [3.63, 3.8) is 0 Å². The summed E-state index contributed by atoms with van der Waals surface area (Å²) >= 11 is 0. The summed E-state index contributed by atoms with van der Waals surface area (Å²) in [4.78, 5) is 23.2. The Balaban J connectivity index is 2.15. The Morgan fingerprint density at radius 3 is 2.53 bits per heavy atom. The van der Waals surface area contributed by atoms with Gasteiger partial charge >= 0.3 is 0 Å². The lowest BCUT2D eigenvalue weighted by Crippen LogP contribution is -2.25. The van der Waals surface area contributed by atoms with E-state index in [1.165, 1.54) is 0 Å². The van der Waals surface area contributed by atoms with E-state index in [9.17, 15) is 9.59 Å². The Labute approximate surface area is 113 Å². The second-order valence-electron chi connectivity index (χ2n) is 4.28. The minimum atomic E-state index is -0.155. The molecule has 1 aromatic carbocycles. The Morgan fingerprint density at radius 2 is 1.84 bits per heavy atom. The van der Waals surface area contributed by atoms with Crippen molar-refractivity contribution in [2.75, 3.05) is 6.54 Å². The van der Waals surface area contributed by atoms with Gasteiger partial charge in [-0.25, -0.2) is 0 Å². The summed E-state index contributed by atoms with van der Waals surface area (Å²) in [6.07, 6.45) is 2.85. The summed E-state index contributed by atoms with van der Waals surface area (Å²) in [5.41, 5.74) is 0.601. The molecule has 1 aromatic rings. The van der Waals surface area contributed by atoms with Crippen LogP contribution in [-0.4, -0.2) is 18.2 Å². The van der Waals surface area contributed by atoms with Gasteiger partial charge in [0.05, 0.1) is 6.07 Å². The molecule has 0 heterocycles. The maximum absolute atomic E-state index is 11.7. The maximum Gasteiger partial charge on any atom is 0.251 e. The smallest absolute Gasteiger partial charge is 0.251 e. The van der Waals surface area contributed by atoms with Crippen LogP contribution in [0.3, 0.4) is 0 Å². The molecular weight excluding hydrogens is 240 g/mol. The molecule has 0 aliphatic carbocycles. The normalized spacial score (nSPS) is 9.63. The monoisotopic (exact) mass is 258 g/mol. The molecule has 1 rings (SSSR count). The topological polar surface area (TPSA) is 70.0 Å². The fourth-order valence-electron chi connectivity index (χ4n) is 1.66. The molecule has 0 unspecified atom stereocenters. The van der Waals surface area contributed by atoms with Crippen LogP contribution in [0, 0.1) is 11.3 Å². The molecule has 19 heavy (non-hydrogen) atoms. The van der Waals surface area contributed by atoms with E-state index >= 15 is 0 Å². The number of ketones is 1. The van der Waals surface area contributed by atoms with E-state index in [2.05, 4.69) is 5.32 Å². The number of carbonyl (C=O) groups is 2. The van der Waals surface area contributed by atoms with Crippen LogP contribution in [0.15, 0.2) is 30.3 Å². The molecule has 0 atom stereocenters. The van der Waals surface area contributed by atoms with E-state index in [0.717, 1.165) is 12.8 Å². The van der Waals surface area contributed by atoms with E-state index < -0.39 is 0 Å². The molecule has 0 aliphatic heterocycles. The van der Waals surface area contributed by atoms with Gasteiger partial charge < -0.3 is 5.32 Å². The van der Waals surface area contributed by atoms with E-state index in [4.69, 9.17) is 5.26 Å². The number of rotatable bonds is 8. The molecule has 0 aliphatic rings. The Bertz CT molecular complexity index is 449. The summed E-state index contributed by atoms with van der Waals surface area (Å²) in [5.74, 6) is -0.0239. The highest BCUT2D eigenvalue weighted by Crippen LogP contribution is 2.02. The minimum absolute atomic E-state index is 0.131. The average Bonchev–Trinajstić information content (AvgIpc) is 2.44. The molecule has 0 bridgehead atoms. The highest BCUT2D eigenvalue weighted by Gasteiger charge is 2.05. The van der Waals surface area contributed by atoms with E-state index in [0.29, 0.717) is 31.4 Å². The number of carbonyl (C=O) groups excluding carboxylic acids is 2. The van der Waals surface area contributed by atoms with Gasteiger partial charge in [0, 0.05) is 31.4 Å². The molecule has 100 valence electrons. The third-order valence-electron chi connectivity index (χ3n) is 2.72. The van der Waals surface area contributed by atoms with Crippen LogP contribution in [0.2, 0.25) is 0 Å². The first-order valence-electron chi connectivity index (χ1n) is 6.46. The number of nitrogens with one attached hydrogen (secondary N) is 1.